The Bertz CT molecular complexity index is 1010. The highest BCUT2D eigenvalue weighted by atomic mass is 127. The number of halogens is 1. The topological polar surface area (TPSA) is 68.9 Å². The fourth-order valence-electron chi connectivity index (χ4n) is 3.97. The zero-order valence-corrected chi connectivity index (χ0v) is 22.4. The Labute approximate surface area is 219 Å². The Kier molecular flexibility index (Phi) is 10.4. The first kappa shape index (κ1) is 26.2. The third-order valence-corrected chi connectivity index (χ3v) is 6.03. The second kappa shape index (κ2) is 13.5. The summed E-state index contributed by atoms with van der Waals surface area (Å²) in [5.41, 5.74) is 4.40. The van der Waals surface area contributed by atoms with Crippen molar-refractivity contribution in [3.05, 3.63) is 77.7 Å². The fourth-order valence-corrected chi connectivity index (χ4v) is 3.97. The standard InChI is InChI=1S/C26H34N6O.HI/c1-3-31-13-15-32(16-14-31)19-22-11-9-21(10-12-22)17-28-26(27-2)29-18-24-20-33-25(30-24)23-7-5-4-6-8-23;/h4-12,20H,3,13-19H2,1-2H3,(H2,27,28,29);1H. The Morgan fingerprint density at radius 2 is 1.56 bits per heavy atom. The number of guanidine groups is 1. The second-order valence-corrected chi connectivity index (χ2v) is 8.32. The van der Waals surface area contributed by atoms with E-state index in [1.54, 1.807) is 13.3 Å². The highest BCUT2D eigenvalue weighted by molar-refractivity contribution is 14.0. The molecule has 2 heterocycles. The number of nitrogens with one attached hydrogen (secondary N) is 2. The minimum Gasteiger partial charge on any atom is -0.444 e. The van der Waals surface area contributed by atoms with Crippen LogP contribution >= 0.6 is 24.0 Å². The van der Waals surface area contributed by atoms with Crippen LogP contribution in [0.4, 0.5) is 0 Å². The van der Waals surface area contributed by atoms with Crippen LogP contribution in [0.5, 0.6) is 0 Å². The van der Waals surface area contributed by atoms with Gasteiger partial charge >= 0.3 is 0 Å². The van der Waals surface area contributed by atoms with Crippen molar-refractivity contribution < 1.29 is 4.42 Å². The number of likely N-dealkylation sites (N-methyl/N-ethyl adjacent to an activating group) is 1. The van der Waals surface area contributed by atoms with Crippen LogP contribution in [0.2, 0.25) is 0 Å². The lowest BCUT2D eigenvalue weighted by atomic mass is 10.1. The van der Waals surface area contributed by atoms with Crippen molar-refractivity contribution in [1.29, 1.82) is 0 Å². The molecule has 0 aliphatic carbocycles. The number of benzene rings is 2. The molecule has 0 amide bonds. The molecule has 0 unspecified atom stereocenters. The molecule has 0 spiro atoms. The van der Waals surface area contributed by atoms with E-state index in [2.05, 4.69) is 61.6 Å². The van der Waals surface area contributed by atoms with Crippen LogP contribution in [-0.4, -0.2) is 60.5 Å². The summed E-state index contributed by atoms with van der Waals surface area (Å²) in [5, 5.41) is 6.67. The normalized spacial score (nSPS) is 15.1. The van der Waals surface area contributed by atoms with E-state index in [0.717, 1.165) is 43.4 Å². The number of aromatic nitrogens is 1. The maximum absolute atomic E-state index is 5.61. The quantitative estimate of drug-likeness (QED) is 0.241. The van der Waals surface area contributed by atoms with Crippen molar-refractivity contribution in [2.75, 3.05) is 39.8 Å². The van der Waals surface area contributed by atoms with Gasteiger partial charge < -0.3 is 20.0 Å². The smallest absolute Gasteiger partial charge is 0.226 e. The van der Waals surface area contributed by atoms with Crippen LogP contribution in [-0.2, 0) is 19.6 Å². The molecule has 0 radical (unpaired) electrons. The van der Waals surface area contributed by atoms with Gasteiger partial charge in [-0.3, -0.25) is 9.89 Å². The zero-order valence-electron chi connectivity index (χ0n) is 20.0. The Morgan fingerprint density at radius 1 is 0.912 bits per heavy atom. The maximum Gasteiger partial charge on any atom is 0.226 e. The summed E-state index contributed by atoms with van der Waals surface area (Å²) < 4.78 is 5.61. The van der Waals surface area contributed by atoms with Gasteiger partial charge in [0.05, 0.1) is 12.2 Å². The molecule has 4 rings (SSSR count). The molecule has 34 heavy (non-hydrogen) atoms. The minimum absolute atomic E-state index is 0. The van der Waals surface area contributed by atoms with Crippen LogP contribution in [0.3, 0.4) is 0 Å². The number of oxazole rings is 1. The number of hydrogen-bond donors (Lipinski definition) is 2. The van der Waals surface area contributed by atoms with Crippen molar-refractivity contribution in [2.45, 2.75) is 26.6 Å². The minimum atomic E-state index is 0. The van der Waals surface area contributed by atoms with Gasteiger partial charge in [-0.05, 0) is 29.8 Å². The molecule has 2 aromatic carbocycles. The predicted octanol–water partition coefficient (Wildman–Crippen LogP) is 3.96. The summed E-state index contributed by atoms with van der Waals surface area (Å²) in [4.78, 5) is 13.9. The van der Waals surface area contributed by atoms with Crippen molar-refractivity contribution >= 4 is 29.9 Å². The largest absolute Gasteiger partial charge is 0.444 e. The molecular formula is C26H35IN6O. The molecule has 182 valence electrons. The summed E-state index contributed by atoms with van der Waals surface area (Å²) in [6.07, 6.45) is 1.68. The molecule has 2 N–H and O–H groups in total. The molecule has 3 aromatic rings. The SMILES string of the molecule is CCN1CCN(Cc2ccc(CNC(=NC)NCc3coc(-c4ccccc4)n3)cc2)CC1.I. The zero-order chi connectivity index (χ0) is 22.9. The lowest BCUT2D eigenvalue weighted by Gasteiger charge is -2.34. The van der Waals surface area contributed by atoms with E-state index in [4.69, 9.17) is 4.42 Å². The van der Waals surface area contributed by atoms with E-state index >= 15 is 0 Å². The van der Waals surface area contributed by atoms with E-state index < -0.39 is 0 Å². The molecule has 0 atom stereocenters. The van der Waals surface area contributed by atoms with Gasteiger partial charge in [-0.25, -0.2) is 4.98 Å². The lowest BCUT2D eigenvalue weighted by molar-refractivity contribution is 0.132. The highest BCUT2D eigenvalue weighted by Crippen LogP contribution is 2.17. The number of rotatable bonds is 8. The molecule has 1 fully saturated rings. The van der Waals surface area contributed by atoms with E-state index in [0.29, 0.717) is 19.0 Å². The third-order valence-electron chi connectivity index (χ3n) is 6.03. The van der Waals surface area contributed by atoms with E-state index in [9.17, 15) is 0 Å². The van der Waals surface area contributed by atoms with Gasteiger partial charge in [0, 0.05) is 51.9 Å². The summed E-state index contributed by atoms with van der Waals surface area (Å²) in [6, 6.07) is 18.8. The first-order valence-electron chi connectivity index (χ1n) is 11.7. The summed E-state index contributed by atoms with van der Waals surface area (Å²) in [6.45, 7) is 10.3. The lowest BCUT2D eigenvalue weighted by Crippen LogP contribution is -2.45. The van der Waals surface area contributed by atoms with Crippen molar-refractivity contribution in [1.82, 2.24) is 25.4 Å². The van der Waals surface area contributed by atoms with Crippen molar-refractivity contribution in [3.63, 3.8) is 0 Å². The van der Waals surface area contributed by atoms with Gasteiger partial charge in [0.25, 0.3) is 0 Å². The molecule has 1 saturated heterocycles. The number of piperazine rings is 1. The van der Waals surface area contributed by atoms with Gasteiger partial charge in [-0.15, -0.1) is 24.0 Å². The Morgan fingerprint density at radius 3 is 2.24 bits per heavy atom. The van der Waals surface area contributed by atoms with E-state index in [1.165, 1.54) is 24.2 Å². The van der Waals surface area contributed by atoms with Gasteiger partial charge in [0.2, 0.25) is 5.89 Å². The molecule has 1 aromatic heterocycles. The van der Waals surface area contributed by atoms with Crippen LogP contribution in [0, 0.1) is 0 Å². The second-order valence-electron chi connectivity index (χ2n) is 8.32. The Hall–Kier alpha value is -2.43. The first-order valence-corrected chi connectivity index (χ1v) is 11.7. The van der Waals surface area contributed by atoms with Crippen LogP contribution < -0.4 is 10.6 Å². The number of aliphatic imine (C=N–C) groups is 1. The average molecular weight is 575 g/mol. The Balaban J connectivity index is 0.00000324. The van der Waals surface area contributed by atoms with Crippen LogP contribution in [0.1, 0.15) is 23.7 Å². The van der Waals surface area contributed by atoms with Crippen LogP contribution in [0.15, 0.2) is 70.3 Å². The van der Waals surface area contributed by atoms with Gasteiger partial charge in [0.1, 0.15) is 6.26 Å². The number of nitrogens with zero attached hydrogens (tertiary/aromatic N) is 4. The van der Waals surface area contributed by atoms with Crippen molar-refractivity contribution in [2.24, 2.45) is 4.99 Å². The summed E-state index contributed by atoms with van der Waals surface area (Å²) in [5.74, 6) is 1.36. The maximum atomic E-state index is 5.61. The van der Waals surface area contributed by atoms with Gasteiger partial charge in [-0.2, -0.15) is 0 Å². The first-order chi connectivity index (χ1) is 16.2. The molecule has 1 aliphatic heterocycles. The van der Waals surface area contributed by atoms with E-state index in [-0.39, 0.29) is 24.0 Å². The van der Waals surface area contributed by atoms with Crippen LogP contribution in [0.25, 0.3) is 11.5 Å². The molecule has 0 bridgehead atoms. The summed E-state index contributed by atoms with van der Waals surface area (Å²) >= 11 is 0. The van der Waals surface area contributed by atoms with Crippen molar-refractivity contribution in [3.8, 4) is 11.5 Å². The molecule has 1 aliphatic rings. The summed E-state index contributed by atoms with van der Waals surface area (Å²) in [7, 11) is 1.77. The highest BCUT2D eigenvalue weighted by Gasteiger charge is 2.15. The average Bonchev–Trinajstić information content (AvgIpc) is 3.35. The monoisotopic (exact) mass is 574 g/mol. The van der Waals surface area contributed by atoms with Gasteiger partial charge in [0.15, 0.2) is 5.96 Å². The van der Waals surface area contributed by atoms with E-state index in [1.807, 2.05) is 30.3 Å². The third kappa shape index (κ3) is 7.54. The molecule has 7 nitrogen and oxygen atoms in total. The predicted molar refractivity (Wildman–Crippen MR) is 148 cm³/mol. The van der Waals surface area contributed by atoms with Gasteiger partial charge in [-0.1, -0.05) is 49.4 Å². The molecule has 8 heteroatoms. The fraction of sp³-hybridized carbons (Fsp3) is 0.385. The molecular weight excluding hydrogens is 539 g/mol. The molecule has 0 saturated carbocycles. The number of hydrogen-bond acceptors (Lipinski definition) is 5.